The van der Waals surface area contributed by atoms with E-state index < -0.39 is 0 Å². The number of ether oxygens (including phenoxy) is 1. The zero-order chi connectivity index (χ0) is 14.5. The van der Waals surface area contributed by atoms with Crippen LogP contribution in [0.25, 0.3) is 0 Å². The Morgan fingerprint density at radius 2 is 1.95 bits per heavy atom. The molecule has 0 aliphatic carbocycles. The first-order chi connectivity index (χ1) is 9.63. The van der Waals surface area contributed by atoms with E-state index in [1.807, 2.05) is 36.4 Å². The third-order valence-corrected chi connectivity index (χ3v) is 4.33. The highest BCUT2D eigenvalue weighted by Gasteiger charge is 2.11. The van der Waals surface area contributed by atoms with E-state index in [2.05, 4.69) is 34.2 Å². The second-order valence-corrected chi connectivity index (χ2v) is 5.81. The summed E-state index contributed by atoms with van der Waals surface area (Å²) in [5.41, 5.74) is 2.20. The molecule has 1 N–H and O–H groups in total. The molecule has 20 heavy (non-hydrogen) atoms. The Kier molecular flexibility index (Phi) is 5.46. The van der Waals surface area contributed by atoms with E-state index in [9.17, 15) is 0 Å². The third-order valence-electron chi connectivity index (χ3n) is 3.25. The summed E-state index contributed by atoms with van der Waals surface area (Å²) >= 11 is 9.81. The van der Waals surface area contributed by atoms with Crippen molar-refractivity contribution in [2.45, 2.75) is 19.5 Å². The van der Waals surface area contributed by atoms with Crippen LogP contribution in [0.3, 0.4) is 0 Å². The highest BCUT2D eigenvalue weighted by Crippen LogP contribution is 2.28. The molecule has 0 radical (unpaired) electrons. The van der Waals surface area contributed by atoms with Crippen LogP contribution in [0.15, 0.2) is 46.9 Å². The van der Waals surface area contributed by atoms with Crippen LogP contribution in [0.4, 0.5) is 0 Å². The Bertz CT molecular complexity index is 588. The van der Waals surface area contributed by atoms with Crippen molar-refractivity contribution < 1.29 is 4.74 Å². The van der Waals surface area contributed by atoms with E-state index in [-0.39, 0.29) is 6.04 Å². The predicted octanol–water partition coefficient (Wildman–Crippen LogP) is 4.96. The van der Waals surface area contributed by atoms with Gasteiger partial charge in [0.05, 0.1) is 7.11 Å². The van der Waals surface area contributed by atoms with Crippen LogP contribution < -0.4 is 10.1 Å². The first-order valence-corrected chi connectivity index (χ1v) is 7.59. The van der Waals surface area contributed by atoms with Crippen LogP contribution >= 0.6 is 27.5 Å². The number of nitrogens with one attached hydrogen (secondary N) is 1. The van der Waals surface area contributed by atoms with Gasteiger partial charge >= 0.3 is 0 Å². The maximum absolute atomic E-state index is 6.24. The lowest BCUT2D eigenvalue weighted by molar-refractivity contribution is 0.406. The van der Waals surface area contributed by atoms with E-state index in [1.165, 1.54) is 5.56 Å². The zero-order valence-corrected chi connectivity index (χ0v) is 13.8. The summed E-state index contributed by atoms with van der Waals surface area (Å²) in [6.07, 6.45) is 0. The standard InChI is InChI=1S/C16H17BrClNO/c1-11(12-6-3-4-7-14(12)17)19-10-13-15(18)8-5-9-16(13)20-2/h3-9,11,19H,10H2,1-2H3/t11-/m0/s1. The quantitative estimate of drug-likeness (QED) is 0.819. The minimum Gasteiger partial charge on any atom is -0.496 e. The van der Waals surface area contributed by atoms with Gasteiger partial charge in [-0.25, -0.2) is 0 Å². The van der Waals surface area contributed by atoms with E-state index in [0.717, 1.165) is 20.8 Å². The zero-order valence-electron chi connectivity index (χ0n) is 11.5. The Hall–Kier alpha value is -1.03. The molecule has 0 aliphatic heterocycles. The molecule has 2 aromatic rings. The number of halogens is 2. The highest BCUT2D eigenvalue weighted by atomic mass is 79.9. The molecule has 0 fully saturated rings. The van der Waals surface area contributed by atoms with Crippen molar-refractivity contribution in [2.75, 3.05) is 7.11 Å². The summed E-state index contributed by atoms with van der Waals surface area (Å²) in [7, 11) is 1.66. The molecular weight excluding hydrogens is 338 g/mol. The number of hydrogen-bond donors (Lipinski definition) is 1. The van der Waals surface area contributed by atoms with Gasteiger partial charge in [-0.05, 0) is 30.7 Å². The lowest BCUT2D eigenvalue weighted by atomic mass is 10.1. The van der Waals surface area contributed by atoms with Gasteiger partial charge in [-0.3, -0.25) is 0 Å². The Labute approximate surface area is 133 Å². The van der Waals surface area contributed by atoms with Crippen LogP contribution in [0.2, 0.25) is 5.02 Å². The van der Waals surface area contributed by atoms with Gasteiger partial charge in [0, 0.05) is 27.6 Å². The number of benzene rings is 2. The van der Waals surface area contributed by atoms with Crippen LogP contribution in [0.1, 0.15) is 24.1 Å². The van der Waals surface area contributed by atoms with Crippen molar-refractivity contribution in [1.29, 1.82) is 0 Å². The molecule has 0 bridgehead atoms. The average molecular weight is 355 g/mol. The van der Waals surface area contributed by atoms with Gasteiger partial charge in [-0.2, -0.15) is 0 Å². The summed E-state index contributed by atoms with van der Waals surface area (Å²) in [5.74, 6) is 0.810. The van der Waals surface area contributed by atoms with Crippen LogP contribution in [-0.4, -0.2) is 7.11 Å². The van der Waals surface area contributed by atoms with E-state index in [4.69, 9.17) is 16.3 Å². The molecule has 2 rings (SSSR count). The molecule has 4 heteroatoms. The fourth-order valence-corrected chi connectivity index (χ4v) is 2.95. The summed E-state index contributed by atoms with van der Waals surface area (Å²) in [6, 6.07) is 14.1. The lowest BCUT2D eigenvalue weighted by Gasteiger charge is -2.17. The van der Waals surface area contributed by atoms with Gasteiger partial charge in [0.25, 0.3) is 0 Å². The molecular formula is C16H17BrClNO. The second-order valence-electron chi connectivity index (χ2n) is 4.54. The van der Waals surface area contributed by atoms with Crippen LogP contribution in [0, 0.1) is 0 Å². The number of hydrogen-bond acceptors (Lipinski definition) is 2. The van der Waals surface area contributed by atoms with E-state index >= 15 is 0 Å². The largest absolute Gasteiger partial charge is 0.496 e. The molecule has 1 atom stereocenters. The van der Waals surface area contributed by atoms with Gasteiger partial charge in [0.15, 0.2) is 0 Å². The molecule has 0 saturated carbocycles. The fourth-order valence-electron chi connectivity index (χ4n) is 2.09. The first-order valence-electron chi connectivity index (χ1n) is 6.42. The Morgan fingerprint density at radius 3 is 2.65 bits per heavy atom. The molecule has 2 nitrogen and oxygen atoms in total. The number of methoxy groups -OCH3 is 1. The normalized spacial score (nSPS) is 12.2. The molecule has 106 valence electrons. The van der Waals surface area contributed by atoms with Crippen molar-refractivity contribution in [1.82, 2.24) is 5.32 Å². The maximum Gasteiger partial charge on any atom is 0.124 e. The van der Waals surface area contributed by atoms with Crippen molar-refractivity contribution in [3.8, 4) is 5.75 Å². The Morgan fingerprint density at radius 1 is 1.20 bits per heavy atom. The molecule has 0 heterocycles. The van der Waals surface area contributed by atoms with Gasteiger partial charge in [0.1, 0.15) is 5.75 Å². The average Bonchev–Trinajstić information content (AvgIpc) is 2.46. The van der Waals surface area contributed by atoms with Crippen LogP contribution in [-0.2, 0) is 6.54 Å². The first kappa shape index (κ1) is 15.4. The van der Waals surface area contributed by atoms with Crippen molar-refractivity contribution in [2.24, 2.45) is 0 Å². The SMILES string of the molecule is COc1cccc(Cl)c1CN[C@@H](C)c1ccccc1Br. The second kappa shape index (κ2) is 7.11. The number of rotatable bonds is 5. The summed E-state index contributed by atoms with van der Waals surface area (Å²) < 4.78 is 6.46. The lowest BCUT2D eigenvalue weighted by Crippen LogP contribution is -2.19. The van der Waals surface area contributed by atoms with Gasteiger partial charge < -0.3 is 10.1 Å². The Balaban J connectivity index is 2.11. The molecule has 0 aromatic heterocycles. The molecule has 0 aliphatic rings. The monoisotopic (exact) mass is 353 g/mol. The summed E-state index contributed by atoms with van der Waals surface area (Å²) in [5, 5.41) is 4.20. The maximum atomic E-state index is 6.24. The summed E-state index contributed by atoms with van der Waals surface area (Å²) in [4.78, 5) is 0. The van der Waals surface area contributed by atoms with E-state index in [0.29, 0.717) is 6.54 Å². The molecule has 0 unspecified atom stereocenters. The third kappa shape index (κ3) is 3.54. The smallest absolute Gasteiger partial charge is 0.124 e. The van der Waals surface area contributed by atoms with E-state index in [1.54, 1.807) is 7.11 Å². The molecule has 0 spiro atoms. The van der Waals surface area contributed by atoms with Gasteiger partial charge in [0.2, 0.25) is 0 Å². The van der Waals surface area contributed by atoms with Crippen molar-refractivity contribution in [3.05, 3.63) is 63.1 Å². The topological polar surface area (TPSA) is 21.3 Å². The predicted molar refractivity (Wildman–Crippen MR) is 87.4 cm³/mol. The molecule has 0 amide bonds. The minimum atomic E-state index is 0.214. The minimum absolute atomic E-state index is 0.214. The molecule has 0 saturated heterocycles. The van der Waals surface area contributed by atoms with Crippen molar-refractivity contribution >= 4 is 27.5 Å². The summed E-state index contributed by atoms with van der Waals surface area (Å²) in [6.45, 7) is 2.79. The van der Waals surface area contributed by atoms with Crippen molar-refractivity contribution in [3.63, 3.8) is 0 Å². The van der Waals surface area contributed by atoms with Gasteiger partial charge in [-0.15, -0.1) is 0 Å². The highest BCUT2D eigenvalue weighted by molar-refractivity contribution is 9.10. The molecule has 2 aromatic carbocycles. The fraction of sp³-hybridized carbons (Fsp3) is 0.250. The van der Waals surface area contributed by atoms with Gasteiger partial charge in [-0.1, -0.05) is 51.8 Å². The van der Waals surface area contributed by atoms with Crippen LogP contribution in [0.5, 0.6) is 5.75 Å².